The maximum Gasteiger partial charge on any atom is 0.264 e. The number of benzene rings is 3. The Hall–Kier alpha value is -2.78. The van der Waals surface area contributed by atoms with Crippen molar-refractivity contribution in [3.05, 3.63) is 93.4 Å². The van der Waals surface area contributed by atoms with Crippen molar-refractivity contribution in [1.82, 2.24) is 10.2 Å². The van der Waals surface area contributed by atoms with E-state index in [9.17, 15) is 18.0 Å². The van der Waals surface area contributed by atoms with Crippen LogP contribution < -0.4 is 9.62 Å². The minimum absolute atomic E-state index is 0.00137. The van der Waals surface area contributed by atoms with Gasteiger partial charge in [-0.2, -0.15) is 0 Å². The molecule has 3 aromatic carbocycles. The second-order valence-electron chi connectivity index (χ2n) is 8.76. The monoisotopic (exact) mass is 609 g/mol. The number of para-hydroxylation sites is 1. The second-order valence-corrected chi connectivity index (χ2v) is 11.8. The van der Waals surface area contributed by atoms with Gasteiger partial charge in [-0.15, -0.1) is 0 Å². The first-order valence-electron chi connectivity index (χ1n) is 12.4. The first-order chi connectivity index (χ1) is 18.6. The Kier molecular flexibility index (Phi) is 11.1. The lowest BCUT2D eigenvalue weighted by Gasteiger charge is -2.33. The van der Waals surface area contributed by atoms with Crippen LogP contribution in [-0.4, -0.2) is 44.3 Å². The quantitative estimate of drug-likeness (QED) is 0.266. The first kappa shape index (κ1) is 30.8. The predicted octanol–water partition coefficient (Wildman–Crippen LogP) is 6.18. The smallest absolute Gasteiger partial charge is 0.264 e. The van der Waals surface area contributed by atoms with Gasteiger partial charge in [-0.1, -0.05) is 85.0 Å². The molecule has 0 unspecified atom stereocenters. The standard InChI is InChI=1S/C28H30Cl3N3O4S/c1-3-16-32-28(36)25(4-2)33(18-20-14-15-22(29)24(31)17-20)27(35)19-34(26-13-9-8-12-23(26)30)39(37,38)21-10-6-5-7-11-21/h5-15,17,25H,3-4,16,18-19H2,1-2H3,(H,32,36)/t25-/m1/s1. The van der Waals surface area contributed by atoms with E-state index >= 15 is 0 Å². The minimum atomic E-state index is -4.19. The van der Waals surface area contributed by atoms with Gasteiger partial charge < -0.3 is 10.2 Å². The fourth-order valence-corrected chi connectivity index (χ4v) is 6.07. The molecule has 0 fully saturated rings. The molecule has 0 saturated carbocycles. The fourth-order valence-electron chi connectivity index (χ4n) is 4.01. The highest BCUT2D eigenvalue weighted by molar-refractivity contribution is 7.92. The Bertz CT molecular complexity index is 1400. The van der Waals surface area contributed by atoms with Gasteiger partial charge in [-0.25, -0.2) is 8.42 Å². The van der Waals surface area contributed by atoms with E-state index in [2.05, 4.69) is 5.32 Å². The van der Waals surface area contributed by atoms with Crippen LogP contribution in [0.25, 0.3) is 0 Å². The molecule has 0 aliphatic rings. The second kappa shape index (κ2) is 14.0. The van der Waals surface area contributed by atoms with E-state index in [1.165, 1.54) is 23.1 Å². The number of rotatable bonds is 12. The minimum Gasteiger partial charge on any atom is -0.354 e. The molecule has 0 radical (unpaired) electrons. The van der Waals surface area contributed by atoms with Gasteiger partial charge in [0.25, 0.3) is 10.0 Å². The molecule has 0 bridgehead atoms. The van der Waals surface area contributed by atoms with E-state index in [-0.39, 0.29) is 28.1 Å². The lowest BCUT2D eigenvalue weighted by Crippen LogP contribution is -2.52. The fraction of sp³-hybridized carbons (Fsp3) is 0.286. The van der Waals surface area contributed by atoms with E-state index in [1.54, 1.807) is 61.5 Å². The van der Waals surface area contributed by atoms with Crippen molar-refractivity contribution in [2.75, 3.05) is 17.4 Å². The van der Waals surface area contributed by atoms with Crippen LogP contribution in [0.1, 0.15) is 32.3 Å². The maximum atomic E-state index is 14.0. The zero-order chi connectivity index (χ0) is 28.6. The van der Waals surface area contributed by atoms with E-state index < -0.39 is 28.5 Å². The topological polar surface area (TPSA) is 86.8 Å². The predicted molar refractivity (Wildman–Crippen MR) is 157 cm³/mol. The number of carbonyl (C=O) groups is 2. The van der Waals surface area contributed by atoms with Crippen molar-refractivity contribution in [3.8, 4) is 0 Å². The first-order valence-corrected chi connectivity index (χ1v) is 15.0. The van der Waals surface area contributed by atoms with Crippen molar-refractivity contribution in [3.63, 3.8) is 0 Å². The van der Waals surface area contributed by atoms with Gasteiger partial charge in [-0.3, -0.25) is 13.9 Å². The van der Waals surface area contributed by atoms with E-state index in [0.29, 0.717) is 28.6 Å². The summed E-state index contributed by atoms with van der Waals surface area (Å²) < 4.78 is 28.5. The van der Waals surface area contributed by atoms with Crippen LogP contribution in [0.15, 0.2) is 77.7 Å². The number of hydrogen-bond acceptors (Lipinski definition) is 4. The van der Waals surface area contributed by atoms with E-state index in [4.69, 9.17) is 34.8 Å². The Labute approximate surface area is 244 Å². The third-order valence-electron chi connectivity index (χ3n) is 6.00. The van der Waals surface area contributed by atoms with Crippen molar-refractivity contribution in [2.45, 2.75) is 44.2 Å². The molecule has 3 rings (SSSR count). The highest BCUT2D eigenvalue weighted by Gasteiger charge is 2.34. The third kappa shape index (κ3) is 7.66. The summed E-state index contributed by atoms with van der Waals surface area (Å²) in [6.07, 6.45) is 1.03. The molecule has 1 atom stereocenters. The van der Waals surface area contributed by atoms with Gasteiger partial charge in [0, 0.05) is 13.1 Å². The SMILES string of the molecule is CCCNC(=O)[C@@H](CC)N(Cc1ccc(Cl)c(Cl)c1)C(=O)CN(c1ccccc1Cl)S(=O)(=O)c1ccccc1. The molecule has 1 N–H and O–H groups in total. The summed E-state index contributed by atoms with van der Waals surface area (Å²) in [6, 6.07) is 18.3. The summed E-state index contributed by atoms with van der Waals surface area (Å²) in [5.41, 5.74) is 0.782. The normalized spacial score (nSPS) is 12.0. The van der Waals surface area contributed by atoms with Crippen LogP contribution >= 0.6 is 34.8 Å². The molecule has 0 spiro atoms. The van der Waals surface area contributed by atoms with Crippen molar-refractivity contribution in [2.24, 2.45) is 0 Å². The van der Waals surface area contributed by atoms with Gasteiger partial charge >= 0.3 is 0 Å². The zero-order valence-electron chi connectivity index (χ0n) is 21.6. The van der Waals surface area contributed by atoms with Crippen molar-refractivity contribution in [1.29, 1.82) is 0 Å². The summed E-state index contributed by atoms with van der Waals surface area (Å²) in [5.74, 6) is -0.915. The van der Waals surface area contributed by atoms with Crippen LogP contribution in [0.2, 0.25) is 15.1 Å². The Morgan fingerprint density at radius 2 is 1.54 bits per heavy atom. The van der Waals surface area contributed by atoms with Crippen LogP contribution in [0.4, 0.5) is 5.69 Å². The Morgan fingerprint density at radius 3 is 2.15 bits per heavy atom. The summed E-state index contributed by atoms with van der Waals surface area (Å²) in [4.78, 5) is 28.5. The van der Waals surface area contributed by atoms with Gasteiger partial charge in [0.1, 0.15) is 12.6 Å². The molecule has 0 heterocycles. The molecule has 7 nitrogen and oxygen atoms in total. The summed E-state index contributed by atoms with van der Waals surface area (Å²) in [5, 5.41) is 3.66. The largest absolute Gasteiger partial charge is 0.354 e. The lowest BCUT2D eigenvalue weighted by atomic mass is 10.1. The number of sulfonamides is 1. The van der Waals surface area contributed by atoms with Crippen LogP contribution in [0, 0.1) is 0 Å². The Morgan fingerprint density at radius 1 is 0.872 bits per heavy atom. The number of hydrogen-bond donors (Lipinski definition) is 1. The highest BCUT2D eigenvalue weighted by atomic mass is 35.5. The van der Waals surface area contributed by atoms with E-state index in [0.717, 1.165) is 10.7 Å². The number of nitrogens with zero attached hydrogens (tertiary/aromatic N) is 2. The van der Waals surface area contributed by atoms with Crippen molar-refractivity contribution < 1.29 is 18.0 Å². The molecule has 3 aromatic rings. The molecular formula is C28H30Cl3N3O4S. The van der Waals surface area contributed by atoms with Gasteiger partial charge in [0.2, 0.25) is 11.8 Å². The van der Waals surface area contributed by atoms with Gasteiger partial charge in [0.15, 0.2) is 0 Å². The molecule has 2 amide bonds. The molecule has 208 valence electrons. The zero-order valence-corrected chi connectivity index (χ0v) is 24.7. The van der Waals surface area contributed by atoms with Gasteiger partial charge in [-0.05, 0) is 54.8 Å². The third-order valence-corrected chi connectivity index (χ3v) is 8.84. The highest BCUT2D eigenvalue weighted by Crippen LogP contribution is 2.31. The Balaban J connectivity index is 2.06. The number of carbonyl (C=O) groups excluding carboxylic acids is 2. The summed E-state index contributed by atoms with van der Waals surface area (Å²) >= 11 is 18.7. The number of halogens is 3. The maximum absolute atomic E-state index is 14.0. The molecule has 39 heavy (non-hydrogen) atoms. The summed E-state index contributed by atoms with van der Waals surface area (Å²) in [7, 11) is -4.19. The molecule has 0 aromatic heterocycles. The molecular weight excluding hydrogens is 581 g/mol. The average Bonchev–Trinajstić information content (AvgIpc) is 2.93. The summed E-state index contributed by atoms with van der Waals surface area (Å²) in [6.45, 7) is 3.58. The van der Waals surface area contributed by atoms with Crippen LogP contribution in [0.3, 0.4) is 0 Å². The number of amides is 2. The van der Waals surface area contributed by atoms with Crippen LogP contribution in [-0.2, 0) is 26.2 Å². The molecule has 0 aliphatic carbocycles. The molecule has 11 heteroatoms. The number of anilines is 1. The van der Waals surface area contributed by atoms with Crippen LogP contribution in [0.5, 0.6) is 0 Å². The van der Waals surface area contributed by atoms with Crippen molar-refractivity contribution >= 4 is 62.3 Å². The molecule has 0 aliphatic heterocycles. The van der Waals surface area contributed by atoms with E-state index in [1.807, 2.05) is 6.92 Å². The average molecular weight is 611 g/mol. The molecule has 0 saturated heterocycles. The number of nitrogens with one attached hydrogen (secondary N) is 1. The van der Waals surface area contributed by atoms with Gasteiger partial charge in [0.05, 0.1) is 25.7 Å². The lowest BCUT2D eigenvalue weighted by molar-refractivity contribution is -0.140.